The van der Waals surface area contributed by atoms with E-state index in [2.05, 4.69) is 21.2 Å². The Hall–Kier alpha value is -1.99. The molecule has 0 spiro atoms. The van der Waals surface area contributed by atoms with Gasteiger partial charge in [0.05, 0.1) is 13.0 Å². The van der Waals surface area contributed by atoms with Crippen molar-refractivity contribution in [3.05, 3.63) is 53.0 Å². The molecule has 1 aliphatic heterocycles. The average Bonchev–Trinajstić information content (AvgIpc) is 2.99. The number of benzene rings is 2. The quantitative estimate of drug-likeness (QED) is 0.660. The van der Waals surface area contributed by atoms with Gasteiger partial charge in [-0.25, -0.2) is 0 Å². The van der Waals surface area contributed by atoms with Gasteiger partial charge < -0.3 is 15.0 Å². The van der Waals surface area contributed by atoms with Gasteiger partial charge in [-0.2, -0.15) is 11.8 Å². The van der Waals surface area contributed by atoms with Crippen LogP contribution >= 0.6 is 27.7 Å². The van der Waals surface area contributed by atoms with E-state index < -0.39 is 0 Å². The van der Waals surface area contributed by atoms with E-state index >= 15 is 0 Å². The molecule has 2 amide bonds. The van der Waals surface area contributed by atoms with E-state index in [9.17, 15) is 9.59 Å². The summed E-state index contributed by atoms with van der Waals surface area (Å²) in [6.45, 7) is 0.641. The monoisotopic (exact) mass is 462 g/mol. The van der Waals surface area contributed by atoms with Crippen molar-refractivity contribution in [1.29, 1.82) is 0 Å². The summed E-state index contributed by atoms with van der Waals surface area (Å²) >= 11 is 5.13. The third kappa shape index (κ3) is 4.89. The lowest BCUT2D eigenvalue weighted by molar-refractivity contribution is -0.125. The number of halogens is 1. The molecule has 2 atom stereocenters. The van der Waals surface area contributed by atoms with Crippen LogP contribution in [0.5, 0.6) is 5.75 Å². The molecule has 1 saturated heterocycles. The van der Waals surface area contributed by atoms with Gasteiger partial charge in [-0.1, -0.05) is 15.9 Å². The number of anilines is 2. The molecular formula is C21H23BrN2O3S. The number of nitrogens with one attached hydrogen (secondary N) is 1. The fourth-order valence-corrected chi connectivity index (χ4v) is 4.46. The maximum atomic E-state index is 13.1. The summed E-state index contributed by atoms with van der Waals surface area (Å²) in [5.74, 6) is 1.29. The van der Waals surface area contributed by atoms with Crippen LogP contribution in [0.3, 0.4) is 0 Å². The first-order valence-corrected chi connectivity index (χ1v) is 11.2. The second-order valence-corrected chi connectivity index (χ2v) is 8.55. The van der Waals surface area contributed by atoms with Crippen molar-refractivity contribution in [2.75, 3.05) is 35.9 Å². The summed E-state index contributed by atoms with van der Waals surface area (Å²) in [7, 11) is 1.60. The van der Waals surface area contributed by atoms with Gasteiger partial charge in [-0.3, -0.25) is 9.59 Å². The Bertz CT molecular complexity index is 827. The van der Waals surface area contributed by atoms with Gasteiger partial charge >= 0.3 is 0 Å². The van der Waals surface area contributed by atoms with Crippen LogP contribution in [0, 0.1) is 11.8 Å². The predicted molar refractivity (Wildman–Crippen MR) is 118 cm³/mol. The number of ether oxygens (including phenoxy) is 1. The molecule has 1 fully saturated rings. The summed E-state index contributed by atoms with van der Waals surface area (Å²) in [5.41, 5.74) is 1.57. The predicted octanol–water partition coefficient (Wildman–Crippen LogP) is 4.43. The molecule has 3 rings (SSSR count). The van der Waals surface area contributed by atoms with Gasteiger partial charge in [0.25, 0.3) is 0 Å². The SMILES string of the molecule is COc1ccc(NC(=O)C[C@H]2C(=O)N(c3ccc(Br)cc3)C[C@@H]2CSC)cc1. The van der Waals surface area contributed by atoms with Crippen LogP contribution in [0.15, 0.2) is 53.0 Å². The number of hydrogen-bond donors (Lipinski definition) is 1. The van der Waals surface area contributed by atoms with Crippen molar-refractivity contribution in [2.45, 2.75) is 6.42 Å². The molecule has 7 heteroatoms. The zero-order valence-electron chi connectivity index (χ0n) is 15.9. The number of hydrogen-bond acceptors (Lipinski definition) is 4. The molecule has 0 unspecified atom stereocenters. The number of carbonyl (C=O) groups is 2. The van der Waals surface area contributed by atoms with Gasteiger partial charge in [-0.05, 0) is 66.5 Å². The fourth-order valence-electron chi connectivity index (χ4n) is 3.43. The molecule has 2 aromatic rings. The maximum absolute atomic E-state index is 13.1. The topological polar surface area (TPSA) is 58.6 Å². The van der Waals surface area contributed by atoms with E-state index in [1.165, 1.54) is 0 Å². The molecule has 1 heterocycles. The molecule has 1 aliphatic rings. The second kappa shape index (κ2) is 9.47. The highest BCUT2D eigenvalue weighted by Crippen LogP contribution is 2.34. The van der Waals surface area contributed by atoms with Gasteiger partial charge in [0, 0.05) is 28.8 Å². The third-order valence-electron chi connectivity index (χ3n) is 4.87. The van der Waals surface area contributed by atoms with Crippen LogP contribution in [0.2, 0.25) is 0 Å². The highest BCUT2D eigenvalue weighted by atomic mass is 79.9. The summed E-state index contributed by atoms with van der Waals surface area (Å²) in [6.07, 6.45) is 2.21. The minimum atomic E-state index is -0.311. The fraction of sp³-hybridized carbons (Fsp3) is 0.333. The summed E-state index contributed by atoms with van der Waals surface area (Å²) in [5, 5.41) is 2.89. The molecule has 0 aromatic heterocycles. The molecular weight excluding hydrogens is 440 g/mol. The van der Waals surface area contributed by atoms with E-state index in [1.54, 1.807) is 48.0 Å². The van der Waals surface area contributed by atoms with Crippen LogP contribution < -0.4 is 15.0 Å². The van der Waals surface area contributed by atoms with E-state index in [-0.39, 0.29) is 30.1 Å². The minimum Gasteiger partial charge on any atom is -0.497 e. The normalized spacial score (nSPS) is 19.0. The van der Waals surface area contributed by atoms with Crippen molar-refractivity contribution in [2.24, 2.45) is 11.8 Å². The number of methoxy groups -OCH3 is 1. The first-order chi connectivity index (χ1) is 13.5. The van der Waals surface area contributed by atoms with E-state index in [4.69, 9.17) is 4.74 Å². The molecule has 1 N–H and O–H groups in total. The lowest BCUT2D eigenvalue weighted by atomic mass is 9.93. The molecule has 0 bridgehead atoms. The van der Waals surface area contributed by atoms with Crippen LogP contribution in [0.1, 0.15) is 6.42 Å². The van der Waals surface area contributed by atoms with E-state index in [1.807, 2.05) is 30.5 Å². The molecule has 0 radical (unpaired) electrons. The second-order valence-electron chi connectivity index (χ2n) is 6.73. The zero-order chi connectivity index (χ0) is 20.1. The average molecular weight is 463 g/mol. The largest absolute Gasteiger partial charge is 0.497 e. The highest BCUT2D eigenvalue weighted by molar-refractivity contribution is 9.10. The van der Waals surface area contributed by atoms with Crippen LogP contribution in [-0.4, -0.2) is 37.5 Å². The smallest absolute Gasteiger partial charge is 0.231 e. The van der Waals surface area contributed by atoms with E-state index in [0.717, 1.165) is 21.7 Å². The van der Waals surface area contributed by atoms with Crippen LogP contribution in [0.25, 0.3) is 0 Å². The summed E-state index contributed by atoms with van der Waals surface area (Å²) in [4.78, 5) is 27.4. The lowest BCUT2D eigenvalue weighted by Crippen LogP contribution is -2.29. The van der Waals surface area contributed by atoms with Crippen LogP contribution in [0.4, 0.5) is 11.4 Å². The van der Waals surface area contributed by atoms with Gasteiger partial charge in [0.1, 0.15) is 5.75 Å². The van der Waals surface area contributed by atoms with Gasteiger partial charge in [0.15, 0.2) is 0 Å². The molecule has 2 aromatic carbocycles. The number of carbonyl (C=O) groups excluding carboxylic acids is 2. The van der Waals surface area contributed by atoms with Crippen molar-refractivity contribution in [1.82, 2.24) is 0 Å². The first kappa shape index (κ1) is 20.7. The Morgan fingerprint density at radius 3 is 2.50 bits per heavy atom. The molecule has 0 saturated carbocycles. The Kier molecular flexibility index (Phi) is 7.02. The number of rotatable bonds is 7. The van der Waals surface area contributed by atoms with Crippen LogP contribution in [-0.2, 0) is 9.59 Å². The summed E-state index contributed by atoms with van der Waals surface area (Å²) < 4.78 is 6.10. The minimum absolute atomic E-state index is 0.0197. The Morgan fingerprint density at radius 2 is 1.89 bits per heavy atom. The standard InChI is InChI=1S/C21H23BrN2O3S/c1-27-18-9-5-16(6-10-18)23-20(25)11-19-14(13-28-2)12-24(21(19)26)17-7-3-15(22)4-8-17/h3-10,14,19H,11-13H2,1-2H3,(H,23,25)/t14-,19-/m1/s1. The highest BCUT2D eigenvalue weighted by Gasteiger charge is 2.41. The number of thioether (sulfide) groups is 1. The number of nitrogens with zero attached hydrogens (tertiary/aromatic N) is 1. The Morgan fingerprint density at radius 1 is 1.21 bits per heavy atom. The van der Waals surface area contributed by atoms with Crippen molar-refractivity contribution < 1.29 is 14.3 Å². The van der Waals surface area contributed by atoms with Gasteiger partial charge in [0.2, 0.25) is 11.8 Å². The Labute approximate surface area is 178 Å². The van der Waals surface area contributed by atoms with E-state index in [0.29, 0.717) is 12.2 Å². The molecule has 148 valence electrons. The van der Waals surface area contributed by atoms with Crippen molar-refractivity contribution >= 4 is 50.9 Å². The molecule has 0 aliphatic carbocycles. The summed E-state index contributed by atoms with van der Waals surface area (Å²) in [6, 6.07) is 14.9. The molecule has 5 nitrogen and oxygen atoms in total. The number of amides is 2. The van der Waals surface area contributed by atoms with Gasteiger partial charge in [-0.15, -0.1) is 0 Å². The molecule has 28 heavy (non-hydrogen) atoms. The zero-order valence-corrected chi connectivity index (χ0v) is 18.3. The Balaban J connectivity index is 1.69. The lowest BCUT2D eigenvalue weighted by Gasteiger charge is -2.17. The van der Waals surface area contributed by atoms with Crippen molar-refractivity contribution in [3.63, 3.8) is 0 Å². The maximum Gasteiger partial charge on any atom is 0.231 e. The third-order valence-corrected chi connectivity index (χ3v) is 6.16. The first-order valence-electron chi connectivity index (χ1n) is 9.01. The van der Waals surface area contributed by atoms with Crippen molar-refractivity contribution in [3.8, 4) is 5.75 Å².